The number of piperidine rings is 1. The summed E-state index contributed by atoms with van der Waals surface area (Å²) in [5, 5.41) is 16.0. The molecular formula is C20H23N3O4S. The van der Waals surface area contributed by atoms with Gasteiger partial charge in [-0.15, -0.1) is 11.3 Å². The van der Waals surface area contributed by atoms with E-state index >= 15 is 0 Å². The van der Waals surface area contributed by atoms with Crippen LogP contribution in [0.1, 0.15) is 33.6 Å². The topological polar surface area (TPSA) is 92.6 Å². The van der Waals surface area contributed by atoms with Gasteiger partial charge in [0.25, 0.3) is 11.6 Å². The highest BCUT2D eigenvalue weighted by Gasteiger charge is 2.28. The number of carbonyl (C=O) groups excluding carboxylic acids is 2. The summed E-state index contributed by atoms with van der Waals surface area (Å²) in [7, 11) is 0. The first-order valence-corrected chi connectivity index (χ1v) is 10.2. The molecule has 1 aromatic carbocycles. The van der Waals surface area contributed by atoms with Gasteiger partial charge >= 0.3 is 0 Å². The molecule has 3 rings (SSSR count). The summed E-state index contributed by atoms with van der Waals surface area (Å²) in [6, 6.07) is 8.38. The van der Waals surface area contributed by atoms with Crippen molar-refractivity contribution in [3.63, 3.8) is 0 Å². The van der Waals surface area contributed by atoms with Crippen molar-refractivity contribution < 1.29 is 14.5 Å². The molecule has 1 aliphatic rings. The fourth-order valence-corrected chi connectivity index (χ4v) is 4.09. The van der Waals surface area contributed by atoms with Crippen LogP contribution in [0, 0.1) is 23.0 Å². The zero-order valence-corrected chi connectivity index (χ0v) is 16.5. The zero-order valence-electron chi connectivity index (χ0n) is 15.7. The Bertz CT molecular complexity index is 858. The number of aryl methyl sites for hydroxylation is 1. The molecular weight excluding hydrogens is 378 g/mol. The molecule has 1 aromatic heterocycles. The fraction of sp³-hybridized carbons (Fsp3) is 0.400. The predicted octanol–water partition coefficient (Wildman–Crippen LogP) is 3.18. The van der Waals surface area contributed by atoms with Crippen molar-refractivity contribution in [2.45, 2.75) is 26.2 Å². The molecule has 2 aromatic rings. The van der Waals surface area contributed by atoms with Gasteiger partial charge in [0.1, 0.15) is 0 Å². The number of benzene rings is 1. The Kier molecular flexibility index (Phi) is 6.41. The van der Waals surface area contributed by atoms with Gasteiger partial charge in [-0.05, 0) is 43.2 Å². The molecule has 1 aliphatic heterocycles. The van der Waals surface area contributed by atoms with Crippen LogP contribution in [-0.2, 0) is 11.2 Å². The minimum Gasteiger partial charge on any atom is -0.355 e. The monoisotopic (exact) mass is 401 g/mol. The molecule has 1 fully saturated rings. The molecule has 148 valence electrons. The van der Waals surface area contributed by atoms with E-state index in [0.29, 0.717) is 43.6 Å². The number of rotatable bonds is 6. The molecule has 1 N–H and O–H groups in total. The van der Waals surface area contributed by atoms with Gasteiger partial charge < -0.3 is 10.2 Å². The second-order valence-electron chi connectivity index (χ2n) is 6.94. The molecule has 0 saturated carbocycles. The van der Waals surface area contributed by atoms with Gasteiger partial charge in [-0.3, -0.25) is 19.7 Å². The van der Waals surface area contributed by atoms with Crippen LogP contribution in [0.2, 0.25) is 0 Å². The minimum atomic E-state index is -0.497. The van der Waals surface area contributed by atoms with Crippen LogP contribution in [0.25, 0.3) is 0 Å². The molecule has 0 radical (unpaired) electrons. The molecule has 8 heteroatoms. The normalized spacial score (nSPS) is 14.7. The molecule has 2 amide bonds. The van der Waals surface area contributed by atoms with E-state index in [9.17, 15) is 19.7 Å². The van der Waals surface area contributed by atoms with E-state index in [2.05, 4.69) is 11.4 Å². The summed E-state index contributed by atoms with van der Waals surface area (Å²) in [6.45, 7) is 3.34. The molecule has 0 unspecified atom stereocenters. The van der Waals surface area contributed by atoms with Crippen LogP contribution in [-0.4, -0.2) is 41.3 Å². The van der Waals surface area contributed by atoms with Crippen LogP contribution in [0.5, 0.6) is 0 Å². The minimum absolute atomic E-state index is 0.0372. The van der Waals surface area contributed by atoms with Gasteiger partial charge in [0.15, 0.2) is 0 Å². The lowest BCUT2D eigenvalue weighted by Gasteiger charge is -2.31. The lowest BCUT2D eigenvalue weighted by molar-refractivity contribution is -0.384. The first kappa shape index (κ1) is 20.0. The number of nitro benzene ring substituents is 1. The summed E-state index contributed by atoms with van der Waals surface area (Å²) in [5.41, 5.74) is 0.978. The average Bonchev–Trinajstić information content (AvgIpc) is 3.21. The number of non-ortho nitro benzene ring substituents is 1. The maximum Gasteiger partial charge on any atom is 0.270 e. The van der Waals surface area contributed by atoms with E-state index in [1.807, 2.05) is 11.4 Å². The maximum atomic E-state index is 12.8. The first-order valence-electron chi connectivity index (χ1n) is 9.30. The van der Waals surface area contributed by atoms with Gasteiger partial charge in [-0.2, -0.15) is 0 Å². The third kappa shape index (κ3) is 4.75. The number of hydrogen-bond acceptors (Lipinski definition) is 5. The van der Waals surface area contributed by atoms with Crippen molar-refractivity contribution in [3.8, 4) is 0 Å². The van der Waals surface area contributed by atoms with E-state index in [1.54, 1.807) is 29.2 Å². The van der Waals surface area contributed by atoms with Crippen LogP contribution in [0.3, 0.4) is 0 Å². The van der Waals surface area contributed by atoms with Crippen LogP contribution in [0.4, 0.5) is 5.69 Å². The Morgan fingerprint density at radius 2 is 2.04 bits per heavy atom. The lowest BCUT2D eigenvalue weighted by Crippen LogP contribution is -2.43. The third-order valence-electron chi connectivity index (χ3n) is 5.07. The number of nitrogens with one attached hydrogen (secondary N) is 1. The lowest BCUT2D eigenvalue weighted by atomic mass is 9.95. The first-order chi connectivity index (χ1) is 13.5. The van der Waals surface area contributed by atoms with Crippen molar-refractivity contribution in [3.05, 3.63) is 61.8 Å². The third-order valence-corrected chi connectivity index (χ3v) is 6.00. The van der Waals surface area contributed by atoms with Crippen LogP contribution < -0.4 is 5.32 Å². The van der Waals surface area contributed by atoms with Gasteiger partial charge in [0.2, 0.25) is 5.91 Å². The largest absolute Gasteiger partial charge is 0.355 e. The standard InChI is InChI=1S/C20H23N3O4S/c1-14-4-5-16(23(26)27)13-18(14)20(25)22-10-7-15(8-11-22)19(24)21-9-6-17-3-2-12-28-17/h2-5,12-13,15H,6-11H2,1H3,(H,21,24). The Morgan fingerprint density at radius 1 is 1.29 bits per heavy atom. The van der Waals surface area contributed by atoms with E-state index < -0.39 is 4.92 Å². The number of likely N-dealkylation sites (tertiary alicyclic amines) is 1. The number of hydrogen-bond donors (Lipinski definition) is 1. The quantitative estimate of drug-likeness (QED) is 0.594. The van der Waals surface area contributed by atoms with E-state index in [0.717, 1.165) is 6.42 Å². The summed E-state index contributed by atoms with van der Waals surface area (Å²) in [6.07, 6.45) is 2.03. The van der Waals surface area contributed by atoms with Crippen molar-refractivity contribution in [2.75, 3.05) is 19.6 Å². The van der Waals surface area contributed by atoms with Crippen molar-refractivity contribution >= 4 is 28.8 Å². The maximum absolute atomic E-state index is 12.8. The number of nitro groups is 1. The highest BCUT2D eigenvalue weighted by molar-refractivity contribution is 7.09. The molecule has 7 nitrogen and oxygen atoms in total. The molecule has 1 saturated heterocycles. The van der Waals surface area contributed by atoms with E-state index in [-0.39, 0.29) is 23.4 Å². The van der Waals surface area contributed by atoms with Gasteiger partial charge in [0.05, 0.1) is 4.92 Å². The SMILES string of the molecule is Cc1ccc([N+](=O)[O-])cc1C(=O)N1CCC(C(=O)NCCc2cccs2)CC1. The molecule has 0 spiro atoms. The Morgan fingerprint density at radius 3 is 2.68 bits per heavy atom. The Hall–Kier alpha value is -2.74. The van der Waals surface area contributed by atoms with Crippen LogP contribution in [0.15, 0.2) is 35.7 Å². The number of amides is 2. The molecule has 0 atom stereocenters. The molecule has 28 heavy (non-hydrogen) atoms. The second-order valence-corrected chi connectivity index (χ2v) is 7.98. The van der Waals surface area contributed by atoms with Gasteiger partial charge in [0, 0.05) is 48.1 Å². The number of thiophene rings is 1. The fourth-order valence-electron chi connectivity index (χ4n) is 3.38. The van der Waals surface area contributed by atoms with Crippen molar-refractivity contribution in [2.24, 2.45) is 5.92 Å². The van der Waals surface area contributed by atoms with Crippen LogP contribution >= 0.6 is 11.3 Å². The molecule has 0 aliphatic carbocycles. The Balaban J connectivity index is 1.52. The van der Waals surface area contributed by atoms with Gasteiger partial charge in [-0.25, -0.2) is 0 Å². The number of carbonyl (C=O) groups is 2. The van der Waals surface area contributed by atoms with Gasteiger partial charge in [-0.1, -0.05) is 12.1 Å². The summed E-state index contributed by atoms with van der Waals surface area (Å²) >= 11 is 1.68. The second kappa shape index (κ2) is 8.97. The summed E-state index contributed by atoms with van der Waals surface area (Å²) < 4.78 is 0. The van der Waals surface area contributed by atoms with E-state index in [1.165, 1.54) is 17.0 Å². The smallest absolute Gasteiger partial charge is 0.270 e. The van der Waals surface area contributed by atoms with Crippen molar-refractivity contribution in [1.29, 1.82) is 0 Å². The number of nitrogens with zero attached hydrogens (tertiary/aromatic N) is 2. The summed E-state index contributed by atoms with van der Waals surface area (Å²) in [5.74, 6) is -0.272. The molecule has 2 heterocycles. The van der Waals surface area contributed by atoms with E-state index in [4.69, 9.17) is 0 Å². The zero-order chi connectivity index (χ0) is 20.1. The molecule has 0 bridgehead atoms. The Labute approximate surface area is 167 Å². The highest BCUT2D eigenvalue weighted by atomic mass is 32.1. The summed E-state index contributed by atoms with van der Waals surface area (Å²) in [4.78, 5) is 38.5. The average molecular weight is 401 g/mol. The highest BCUT2D eigenvalue weighted by Crippen LogP contribution is 2.23. The van der Waals surface area contributed by atoms with Crippen molar-refractivity contribution in [1.82, 2.24) is 10.2 Å². The predicted molar refractivity (Wildman–Crippen MR) is 107 cm³/mol.